The maximum Gasteiger partial charge on any atom is 0.211 e. The van der Waals surface area contributed by atoms with Crippen LogP contribution < -0.4 is 26.8 Å². The van der Waals surface area contributed by atoms with Crippen molar-refractivity contribution in [2.45, 2.75) is 19.4 Å². The standard InChI is InChI=1S/C18H17BrN8O/c1-2-5-28-12-6-9(19)3-4-10(12)15-13-14(22)11(7-20)16(23)26-17(13)27-18(25-15)24-8-21/h3-4,6,15H,2,5H2,1H3,(H6,22,23,24,25,26,27). The highest BCUT2D eigenvalue weighted by molar-refractivity contribution is 9.10. The topological polar surface area (TPSA) is 158 Å². The smallest absolute Gasteiger partial charge is 0.211 e. The Morgan fingerprint density at radius 2 is 2.14 bits per heavy atom. The highest BCUT2D eigenvalue weighted by Gasteiger charge is 2.31. The van der Waals surface area contributed by atoms with Gasteiger partial charge in [0.2, 0.25) is 5.96 Å². The number of anilines is 3. The molecule has 2 aromatic rings. The molecule has 142 valence electrons. The molecule has 0 bridgehead atoms. The number of benzene rings is 1. The highest BCUT2D eigenvalue weighted by Crippen LogP contribution is 2.43. The lowest BCUT2D eigenvalue weighted by atomic mass is 9.94. The van der Waals surface area contributed by atoms with Gasteiger partial charge in [0.05, 0.1) is 12.3 Å². The number of nitrogens with two attached hydrogens (primary N) is 2. The molecule has 0 fully saturated rings. The minimum absolute atomic E-state index is 0.00136. The molecule has 1 aliphatic heterocycles. The van der Waals surface area contributed by atoms with E-state index in [4.69, 9.17) is 21.5 Å². The Hall–Kier alpha value is -3.50. The Morgan fingerprint density at radius 1 is 1.36 bits per heavy atom. The minimum atomic E-state index is -0.646. The Bertz CT molecular complexity index is 1040. The van der Waals surface area contributed by atoms with Crippen LogP contribution in [0.2, 0.25) is 0 Å². The molecule has 0 radical (unpaired) electrons. The monoisotopic (exact) mass is 440 g/mol. The van der Waals surface area contributed by atoms with Gasteiger partial charge in [0.1, 0.15) is 35.1 Å². The fourth-order valence-corrected chi connectivity index (χ4v) is 3.22. The first-order chi connectivity index (χ1) is 13.5. The summed E-state index contributed by atoms with van der Waals surface area (Å²) < 4.78 is 6.74. The largest absolute Gasteiger partial charge is 0.493 e. The lowest BCUT2D eigenvalue weighted by molar-refractivity contribution is 0.313. The molecule has 0 amide bonds. The summed E-state index contributed by atoms with van der Waals surface area (Å²) >= 11 is 3.45. The van der Waals surface area contributed by atoms with Crippen molar-refractivity contribution in [3.63, 3.8) is 0 Å². The van der Waals surface area contributed by atoms with E-state index < -0.39 is 6.04 Å². The molecule has 1 aromatic carbocycles. The molecule has 2 heterocycles. The number of rotatable bonds is 4. The number of guanidine groups is 1. The summed E-state index contributed by atoms with van der Waals surface area (Å²) in [5.74, 6) is 1.14. The predicted molar refractivity (Wildman–Crippen MR) is 109 cm³/mol. The average molecular weight is 441 g/mol. The SMILES string of the molecule is CCCOc1cc(Br)ccc1C1N=C(NC#N)Nc2nc(N)c(C#N)c(N)c21. The summed E-state index contributed by atoms with van der Waals surface area (Å²) in [6.45, 7) is 2.53. The van der Waals surface area contributed by atoms with Crippen molar-refractivity contribution >= 4 is 39.2 Å². The van der Waals surface area contributed by atoms with Gasteiger partial charge in [-0.25, -0.2) is 9.98 Å². The molecule has 0 spiro atoms. The molecule has 0 aliphatic carbocycles. The van der Waals surface area contributed by atoms with Gasteiger partial charge in [-0.1, -0.05) is 28.9 Å². The zero-order valence-electron chi connectivity index (χ0n) is 15.0. The van der Waals surface area contributed by atoms with E-state index in [-0.39, 0.29) is 23.0 Å². The van der Waals surface area contributed by atoms with Gasteiger partial charge >= 0.3 is 0 Å². The van der Waals surface area contributed by atoms with Crippen LogP contribution in [0.1, 0.15) is 36.1 Å². The van der Waals surface area contributed by atoms with Crippen molar-refractivity contribution in [1.82, 2.24) is 10.3 Å². The van der Waals surface area contributed by atoms with Crippen LogP contribution in [0.3, 0.4) is 0 Å². The van der Waals surface area contributed by atoms with E-state index in [1.807, 2.05) is 37.4 Å². The Kier molecular flexibility index (Phi) is 5.52. The van der Waals surface area contributed by atoms with E-state index in [2.05, 4.69) is 36.5 Å². The Balaban J connectivity index is 2.24. The molecule has 9 nitrogen and oxygen atoms in total. The third-order valence-electron chi connectivity index (χ3n) is 4.09. The van der Waals surface area contributed by atoms with E-state index in [1.54, 1.807) is 0 Å². The van der Waals surface area contributed by atoms with E-state index in [0.29, 0.717) is 23.7 Å². The number of aliphatic imine (C=N–C) groups is 1. The third-order valence-corrected chi connectivity index (χ3v) is 4.58. The van der Waals surface area contributed by atoms with Gasteiger partial charge in [0, 0.05) is 15.6 Å². The van der Waals surface area contributed by atoms with Crippen LogP contribution in [0.25, 0.3) is 0 Å². The van der Waals surface area contributed by atoms with Gasteiger partial charge < -0.3 is 21.5 Å². The number of halogens is 1. The maximum atomic E-state index is 9.41. The molecular weight excluding hydrogens is 424 g/mol. The maximum absolute atomic E-state index is 9.41. The normalized spacial score (nSPS) is 14.7. The summed E-state index contributed by atoms with van der Waals surface area (Å²) in [7, 11) is 0. The van der Waals surface area contributed by atoms with Crippen molar-refractivity contribution in [1.29, 1.82) is 10.5 Å². The summed E-state index contributed by atoms with van der Waals surface area (Å²) in [4.78, 5) is 8.80. The number of fused-ring (bicyclic) bond motifs is 1. The highest BCUT2D eigenvalue weighted by atomic mass is 79.9. The summed E-state index contributed by atoms with van der Waals surface area (Å²) in [5.41, 5.74) is 13.6. The first-order valence-electron chi connectivity index (χ1n) is 8.41. The van der Waals surface area contributed by atoms with E-state index in [0.717, 1.165) is 16.5 Å². The molecular formula is C18H17BrN8O. The van der Waals surface area contributed by atoms with Crippen molar-refractivity contribution in [2.24, 2.45) is 4.99 Å². The predicted octanol–water partition coefficient (Wildman–Crippen LogP) is 2.61. The quantitative estimate of drug-likeness (QED) is 0.416. The van der Waals surface area contributed by atoms with Crippen LogP contribution in [0.15, 0.2) is 27.7 Å². The second-order valence-electron chi connectivity index (χ2n) is 5.93. The molecule has 1 atom stereocenters. The Morgan fingerprint density at radius 3 is 2.82 bits per heavy atom. The van der Waals surface area contributed by atoms with Crippen molar-refractivity contribution in [3.8, 4) is 18.0 Å². The van der Waals surface area contributed by atoms with Gasteiger partial charge in [0.15, 0.2) is 6.19 Å². The number of nitrogens with one attached hydrogen (secondary N) is 2. The third kappa shape index (κ3) is 3.50. The van der Waals surface area contributed by atoms with Crippen molar-refractivity contribution in [2.75, 3.05) is 23.4 Å². The summed E-state index contributed by atoms with van der Waals surface area (Å²) in [6, 6.07) is 6.88. The van der Waals surface area contributed by atoms with Crippen molar-refractivity contribution < 1.29 is 4.74 Å². The zero-order valence-corrected chi connectivity index (χ0v) is 16.5. The fraction of sp³-hybridized carbons (Fsp3) is 0.222. The number of pyridine rings is 1. The summed E-state index contributed by atoms with van der Waals surface area (Å²) in [6.07, 6.45) is 2.66. The molecule has 1 aliphatic rings. The van der Waals surface area contributed by atoms with Crippen LogP contribution in [0.4, 0.5) is 17.3 Å². The first kappa shape index (κ1) is 19.3. The van der Waals surface area contributed by atoms with Gasteiger partial charge in [-0.3, -0.25) is 5.32 Å². The molecule has 6 N–H and O–H groups in total. The van der Waals surface area contributed by atoms with Crippen LogP contribution in [0, 0.1) is 22.8 Å². The van der Waals surface area contributed by atoms with Gasteiger partial charge in [-0.2, -0.15) is 10.5 Å². The number of hydrogen-bond donors (Lipinski definition) is 4. The molecule has 1 aromatic heterocycles. The number of nitrogen functional groups attached to an aromatic ring is 2. The number of hydrogen-bond acceptors (Lipinski definition) is 9. The zero-order chi connectivity index (χ0) is 20.3. The molecule has 0 saturated heterocycles. The lowest BCUT2D eigenvalue weighted by Gasteiger charge is -2.27. The Labute approximate surface area is 170 Å². The molecule has 28 heavy (non-hydrogen) atoms. The number of aromatic nitrogens is 1. The second kappa shape index (κ2) is 8.03. The molecule has 1 unspecified atom stereocenters. The van der Waals surface area contributed by atoms with E-state index >= 15 is 0 Å². The average Bonchev–Trinajstić information content (AvgIpc) is 2.66. The first-order valence-corrected chi connectivity index (χ1v) is 9.20. The van der Waals surface area contributed by atoms with E-state index in [1.165, 1.54) is 0 Å². The van der Waals surface area contributed by atoms with Gasteiger partial charge in [-0.05, 0) is 18.6 Å². The molecule has 0 saturated carbocycles. The number of ether oxygens (including phenoxy) is 1. The van der Waals surface area contributed by atoms with Crippen molar-refractivity contribution in [3.05, 3.63) is 39.4 Å². The van der Waals surface area contributed by atoms with Gasteiger partial charge in [-0.15, -0.1) is 0 Å². The van der Waals surface area contributed by atoms with Crippen LogP contribution >= 0.6 is 15.9 Å². The number of nitriles is 2. The van der Waals surface area contributed by atoms with Crippen LogP contribution in [-0.4, -0.2) is 17.6 Å². The minimum Gasteiger partial charge on any atom is -0.493 e. The molecule has 3 rings (SSSR count). The fourth-order valence-electron chi connectivity index (χ4n) is 2.88. The molecule has 10 heteroatoms. The number of nitrogens with zero attached hydrogens (tertiary/aromatic N) is 4. The van der Waals surface area contributed by atoms with Crippen LogP contribution in [0.5, 0.6) is 5.75 Å². The lowest BCUT2D eigenvalue weighted by Crippen LogP contribution is -2.32. The van der Waals surface area contributed by atoms with E-state index in [9.17, 15) is 5.26 Å². The second-order valence-corrected chi connectivity index (χ2v) is 6.85. The summed E-state index contributed by atoms with van der Waals surface area (Å²) in [5, 5.41) is 23.8. The van der Waals surface area contributed by atoms with Crippen LogP contribution in [-0.2, 0) is 0 Å². The van der Waals surface area contributed by atoms with Gasteiger partial charge in [0.25, 0.3) is 0 Å².